The van der Waals surface area contributed by atoms with Gasteiger partial charge in [0.1, 0.15) is 0 Å². The Balaban J connectivity index is 3.36. The van der Waals surface area contributed by atoms with Crippen LogP contribution in [0, 0.1) is 0 Å². The summed E-state index contributed by atoms with van der Waals surface area (Å²) in [5.74, 6) is -0.787. The van der Waals surface area contributed by atoms with Crippen molar-refractivity contribution in [2.24, 2.45) is 0 Å². The Morgan fingerprint density at radius 1 is 0.778 bits per heavy atom. The van der Waals surface area contributed by atoms with E-state index in [2.05, 4.69) is 0 Å². The van der Waals surface area contributed by atoms with E-state index in [9.17, 15) is 4.79 Å². The van der Waals surface area contributed by atoms with Gasteiger partial charge >= 0.3 is 0 Å². The van der Waals surface area contributed by atoms with Crippen molar-refractivity contribution < 1.29 is 4.79 Å². The van der Waals surface area contributed by atoms with Crippen LogP contribution in [0.25, 0.3) is 0 Å². The van der Waals surface area contributed by atoms with Gasteiger partial charge in [-0.05, 0) is 0 Å². The number of carbonyl (C=O) groups excluding carboxylic acids is 1. The van der Waals surface area contributed by atoms with Gasteiger partial charge in [0.05, 0.1) is 0 Å². The van der Waals surface area contributed by atoms with E-state index in [-0.39, 0.29) is 5.56 Å². The second kappa shape index (κ2) is 5.73. The van der Waals surface area contributed by atoms with Gasteiger partial charge in [-0.2, -0.15) is 0 Å². The van der Waals surface area contributed by atoms with Crippen molar-refractivity contribution in [3.05, 3.63) is 35.9 Å². The Morgan fingerprint density at radius 3 is 1.50 bits per heavy atom. The minimum atomic E-state index is -2.34. The van der Waals surface area contributed by atoms with E-state index in [1.54, 1.807) is 18.2 Å². The van der Waals surface area contributed by atoms with Crippen molar-refractivity contribution in [1.82, 2.24) is 0 Å². The minimum Gasteiger partial charge on any atom is -0.292 e. The molecule has 1 rings (SSSR count). The summed E-state index contributed by atoms with van der Waals surface area (Å²) in [6.07, 6.45) is 0. The van der Waals surface area contributed by atoms with Crippen molar-refractivity contribution >= 4 is 87.0 Å². The van der Waals surface area contributed by atoms with Crippen LogP contribution in [0.5, 0.6) is 0 Å². The van der Waals surface area contributed by atoms with Gasteiger partial charge in [0.15, 0.2) is 5.78 Å². The molecule has 0 aliphatic carbocycles. The lowest BCUT2D eigenvalue weighted by molar-refractivity contribution is 0.0941. The Morgan fingerprint density at radius 2 is 1.17 bits per heavy atom. The lowest BCUT2D eigenvalue weighted by atomic mass is 9.99. The molecule has 1 aromatic carbocycles. The van der Waals surface area contributed by atoms with Gasteiger partial charge in [0.2, 0.25) is 12.5 Å². The van der Waals surface area contributed by atoms with Gasteiger partial charge in [0, 0.05) is 5.56 Å². The zero-order valence-corrected chi connectivity index (χ0v) is 13.7. The zero-order chi connectivity index (χ0) is 14.2. The molecule has 0 saturated carbocycles. The fraction of sp³-hybridized carbons (Fsp3) is 0.300. The highest BCUT2D eigenvalue weighted by atomic mass is 35.6. The highest BCUT2D eigenvalue weighted by Gasteiger charge is 2.65. The van der Waals surface area contributed by atoms with Crippen molar-refractivity contribution in [3.63, 3.8) is 0 Å². The molecule has 0 amide bonds. The molecule has 100 valence electrons. The lowest BCUT2D eigenvalue weighted by Gasteiger charge is -2.37. The van der Waals surface area contributed by atoms with E-state index in [0.29, 0.717) is 0 Å². The minimum absolute atomic E-state index is 0.171. The largest absolute Gasteiger partial charge is 0.292 e. The van der Waals surface area contributed by atoms with Crippen LogP contribution in [0.2, 0.25) is 0 Å². The molecule has 0 aromatic heterocycles. The van der Waals surface area contributed by atoms with E-state index in [0.717, 1.165) is 0 Å². The van der Waals surface area contributed by atoms with Crippen LogP contribution in [0.3, 0.4) is 0 Å². The second-order valence-electron chi connectivity index (χ2n) is 3.35. The maximum absolute atomic E-state index is 12.3. The summed E-state index contributed by atoms with van der Waals surface area (Å²) in [6.45, 7) is 0. The highest BCUT2D eigenvalue weighted by molar-refractivity contribution is 6.80. The maximum atomic E-state index is 12.3. The molecule has 0 heterocycles. The molecular weight excluding hydrogens is 384 g/mol. The molecule has 1 nitrogen and oxygen atoms in total. The molecule has 0 aliphatic heterocycles. The Bertz CT molecular complexity index is 418. The number of alkyl halides is 7. The van der Waals surface area contributed by atoms with Gasteiger partial charge in [-0.1, -0.05) is 99.9 Å². The molecule has 18 heavy (non-hydrogen) atoms. The summed E-state index contributed by atoms with van der Waals surface area (Å²) in [7, 11) is 0. The fourth-order valence-electron chi connectivity index (χ4n) is 1.21. The molecule has 0 radical (unpaired) electrons. The molecule has 0 unspecified atom stereocenters. The van der Waals surface area contributed by atoms with E-state index < -0.39 is 18.2 Å². The predicted octanol–water partition coefficient (Wildman–Crippen LogP) is 5.59. The SMILES string of the molecule is O=C(c1ccccc1)C(Cl)(C(Cl)(Cl)Cl)C(Cl)(Cl)Cl. The molecule has 0 fully saturated rings. The molecule has 8 heteroatoms. The fourth-order valence-corrected chi connectivity index (χ4v) is 3.12. The van der Waals surface area contributed by atoms with Crippen LogP contribution in [0.1, 0.15) is 10.4 Å². The van der Waals surface area contributed by atoms with Crippen LogP contribution >= 0.6 is 81.2 Å². The molecule has 1 aromatic rings. The van der Waals surface area contributed by atoms with Crippen molar-refractivity contribution in [3.8, 4) is 0 Å². The second-order valence-corrected chi connectivity index (χ2v) is 8.48. The van der Waals surface area contributed by atoms with Crippen LogP contribution < -0.4 is 0 Å². The summed E-state index contributed by atoms with van der Waals surface area (Å²) in [5, 5.41) is 0. The van der Waals surface area contributed by atoms with Crippen LogP contribution in [-0.2, 0) is 0 Å². The average Bonchev–Trinajstić information content (AvgIpc) is 2.25. The standard InChI is InChI=1S/C10H5Cl7O/c11-8(9(12,13)14,10(15,16)17)7(18)6-4-2-1-3-5-6/h1-5H. The van der Waals surface area contributed by atoms with Gasteiger partial charge in [-0.3, -0.25) is 4.79 Å². The number of benzene rings is 1. The normalized spacial score (nSPS) is 13.5. The monoisotopic (exact) mass is 386 g/mol. The predicted molar refractivity (Wildman–Crippen MR) is 79.9 cm³/mol. The summed E-state index contributed by atoms with van der Waals surface area (Å²) < 4.78 is -4.60. The Labute approximate surface area is 139 Å². The average molecular weight is 389 g/mol. The molecule has 0 spiro atoms. The first kappa shape index (κ1) is 17.0. The number of ketones is 1. The number of Topliss-reactive ketones (excluding diaryl/α,β-unsaturated/α-hetero) is 1. The van der Waals surface area contributed by atoms with Gasteiger partial charge < -0.3 is 0 Å². The van der Waals surface area contributed by atoms with E-state index in [1.165, 1.54) is 12.1 Å². The number of halogens is 7. The summed E-state index contributed by atoms with van der Waals surface area (Å²) >= 11 is 40.2. The first-order chi connectivity index (χ1) is 8.02. The zero-order valence-electron chi connectivity index (χ0n) is 8.44. The van der Waals surface area contributed by atoms with Gasteiger partial charge in [-0.15, -0.1) is 11.6 Å². The Kier molecular flexibility index (Phi) is 5.40. The van der Waals surface area contributed by atoms with E-state index in [1.807, 2.05) is 0 Å². The third kappa shape index (κ3) is 3.15. The highest BCUT2D eigenvalue weighted by Crippen LogP contribution is 2.56. The van der Waals surface area contributed by atoms with Crippen LogP contribution in [-0.4, -0.2) is 18.2 Å². The third-order valence-electron chi connectivity index (χ3n) is 2.13. The molecule has 0 bridgehead atoms. The molecular formula is C10H5Cl7O. The first-order valence-corrected chi connectivity index (χ1v) is 7.08. The number of rotatable bonds is 2. The summed E-state index contributed by atoms with van der Waals surface area (Å²) in [4.78, 5) is 9.98. The number of carbonyl (C=O) groups is 1. The number of hydrogen-bond donors (Lipinski definition) is 0. The molecule has 0 N–H and O–H groups in total. The molecule has 0 saturated heterocycles. The topological polar surface area (TPSA) is 17.1 Å². The molecule has 0 atom stereocenters. The van der Waals surface area contributed by atoms with E-state index in [4.69, 9.17) is 81.2 Å². The van der Waals surface area contributed by atoms with Crippen molar-refractivity contribution in [1.29, 1.82) is 0 Å². The summed E-state index contributed by atoms with van der Waals surface area (Å²) in [5.41, 5.74) is 0.171. The third-order valence-corrected chi connectivity index (χ3v) is 5.15. The van der Waals surface area contributed by atoms with Crippen LogP contribution in [0.15, 0.2) is 30.3 Å². The maximum Gasteiger partial charge on any atom is 0.221 e. The quantitative estimate of drug-likeness (QED) is 0.476. The first-order valence-electron chi connectivity index (χ1n) is 4.44. The lowest BCUT2D eigenvalue weighted by Crippen LogP contribution is -2.55. The van der Waals surface area contributed by atoms with Crippen molar-refractivity contribution in [2.75, 3.05) is 0 Å². The molecule has 0 aliphatic rings. The van der Waals surface area contributed by atoms with Gasteiger partial charge in [-0.25, -0.2) is 0 Å². The van der Waals surface area contributed by atoms with Crippen LogP contribution in [0.4, 0.5) is 0 Å². The van der Waals surface area contributed by atoms with Gasteiger partial charge in [0.25, 0.3) is 0 Å². The van der Waals surface area contributed by atoms with E-state index >= 15 is 0 Å². The Hall–Kier alpha value is 0.920. The smallest absolute Gasteiger partial charge is 0.221 e. The van der Waals surface area contributed by atoms with Crippen molar-refractivity contribution in [2.45, 2.75) is 12.5 Å². The summed E-state index contributed by atoms with van der Waals surface area (Å²) in [6, 6.07) is 7.89. The number of hydrogen-bond acceptors (Lipinski definition) is 1.